The Labute approximate surface area is 124 Å². The number of nitrogens with zero attached hydrogens (tertiary/aromatic N) is 2. The van der Waals surface area contributed by atoms with Crippen molar-refractivity contribution >= 4 is 0 Å². The van der Waals surface area contributed by atoms with Crippen molar-refractivity contribution < 1.29 is 8.91 Å². The fraction of sp³-hybridized carbons (Fsp3) is 0.471. The monoisotopic (exact) mass is 288 g/mol. The van der Waals surface area contributed by atoms with E-state index in [1.807, 2.05) is 19.1 Å². The topological polar surface area (TPSA) is 29.3 Å². The summed E-state index contributed by atoms with van der Waals surface area (Å²) in [7, 11) is 0. The molecule has 0 N–H and O–H groups in total. The third kappa shape index (κ3) is 3.91. The molecule has 2 aromatic rings. The Morgan fingerprint density at radius 3 is 2.76 bits per heavy atom. The number of aromatic nitrogens is 1. The molecule has 0 saturated carbocycles. The molecule has 1 aromatic heterocycles. The van der Waals surface area contributed by atoms with Crippen LogP contribution in [0.1, 0.15) is 29.9 Å². The second-order valence-electron chi connectivity index (χ2n) is 5.99. The van der Waals surface area contributed by atoms with Gasteiger partial charge < -0.3 is 4.52 Å². The summed E-state index contributed by atoms with van der Waals surface area (Å²) in [5, 5.41) is 3.92. The van der Waals surface area contributed by atoms with E-state index in [0.717, 1.165) is 55.9 Å². The van der Waals surface area contributed by atoms with Crippen LogP contribution in [-0.2, 0) is 13.0 Å². The molecule has 2 heterocycles. The van der Waals surface area contributed by atoms with Gasteiger partial charge in [-0.2, -0.15) is 0 Å². The molecule has 0 amide bonds. The SMILES string of the molecule is Cc1cc(CN2CCC(Cc3cccc(F)c3)CC2)on1. The molecule has 3 nitrogen and oxygen atoms in total. The van der Waals surface area contributed by atoms with Gasteiger partial charge in [-0.1, -0.05) is 17.3 Å². The van der Waals surface area contributed by atoms with Crippen LogP contribution < -0.4 is 0 Å². The molecular formula is C17H21FN2O. The average Bonchev–Trinajstić information content (AvgIpc) is 2.86. The van der Waals surface area contributed by atoms with E-state index in [9.17, 15) is 4.39 Å². The quantitative estimate of drug-likeness (QED) is 0.861. The lowest BCUT2D eigenvalue weighted by Gasteiger charge is -2.31. The molecule has 1 aliphatic rings. The number of aryl methyl sites for hydroxylation is 1. The van der Waals surface area contributed by atoms with Gasteiger partial charge in [0.2, 0.25) is 0 Å². The first-order valence-electron chi connectivity index (χ1n) is 7.58. The Morgan fingerprint density at radius 1 is 1.29 bits per heavy atom. The van der Waals surface area contributed by atoms with Crippen LogP contribution in [0.5, 0.6) is 0 Å². The van der Waals surface area contributed by atoms with Crippen molar-refractivity contribution in [3.63, 3.8) is 0 Å². The molecule has 0 unspecified atom stereocenters. The smallest absolute Gasteiger partial charge is 0.150 e. The number of hydrogen-bond donors (Lipinski definition) is 0. The minimum absolute atomic E-state index is 0.134. The van der Waals surface area contributed by atoms with E-state index < -0.39 is 0 Å². The summed E-state index contributed by atoms with van der Waals surface area (Å²) in [5.74, 6) is 1.46. The van der Waals surface area contributed by atoms with Crippen molar-refractivity contribution in [2.45, 2.75) is 32.7 Å². The molecule has 1 saturated heterocycles. The highest BCUT2D eigenvalue weighted by Gasteiger charge is 2.20. The van der Waals surface area contributed by atoms with Gasteiger partial charge in [-0.15, -0.1) is 0 Å². The lowest BCUT2D eigenvalue weighted by molar-refractivity contribution is 0.161. The molecule has 112 valence electrons. The number of rotatable bonds is 4. The van der Waals surface area contributed by atoms with Gasteiger partial charge >= 0.3 is 0 Å². The molecule has 0 atom stereocenters. The number of halogens is 1. The van der Waals surface area contributed by atoms with Gasteiger partial charge in [-0.05, 0) is 62.9 Å². The molecule has 0 bridgehead atoms. The Bertz CT molecular complexity index is 588. The van der Waals surface area contributed by atoms with Crippen LogP contribution in [0.3, 0.4) is 0 Å². The van der Waals surface area contributed by atoms with Crippen molar-refractivity contribution in [3.8, 4) is 0 Å². The third-order valence-electron chi connectivity index (χ3n) is 4.18. The summed E-state index contributed by atoms with van der Waals surface area (Å²) in [6, 6.07) is 8.98. The molecule has 1 aromatic carbocycles. The fourth-order valence-corrected chi connectivity index (χ4v) is 3.06. The van der Waals surface area contributed by atoms with E-state index >= 15 is 0 Å². The number of hydrogen-bond acceptors (Lipinski definition) is 3. The first-order valence-corrected chi connectivity index (χ1v) is 7.58. The number of piperidine rings is 1. The van der Waals surface area contributed by atoms with Crippen molar-refractivity contribution in [2.75, 3.05) is 13.1 Å². The minimum Gasteiger partial charge on any atom is -0.360 e. The van der Waals surface area contributed by atoms with Gasteiger partial charge in [-0.25, -0.2) is 4.39 Å². The summed E-state index contributed by atoms with van der Waals surface area (Å²) in [5.41, 5.74) is 2.05. The highest BCUT2D eigenvalue weighted by Crippen LogP contribution is 2.23. The predicted octanol–water partition coefficient (Wildman–Crippen LogP) is 3.58. The van der Waals surface area contributed by atoms with Gasteiger partial charge in [0.05, 0.1) is 12.2 Å². The van der Waals surface area contributed by atoms with Gasteiger partial charge in [-0.3, -0.25) is 4.90 Å². The van der Waals surface area contributed by atoms with E-state index in [1.165, 1.54) is 6.07 Å². The minimum atomic E-state index is -0.134. The number of likely N-dealkylation sites (tertiary alicyclic amines) is 1. The maximum atomic E-state index is 13.2. The van der Waals surface area contributed by atoms with Crippen LogP contribution >= 0.6 is 0 Å². The molecule has 0 aliphatic carbocycles. The molecule has 1 aliphatic heterocycles. The first-order chi connectivity index (χ1) is 10.2. The summed E-state index contributed by atoms with van der Waals surface area (Å²) < 4.78 is 18.5. The van der Waals surface area contributed by atoms with Gasteiger partial charge in [0.1, 0.15) is 5.82 Å². The van der Waals surface area contributed by atoms with Crippen LogP contribution in [0.25, 0.3) is 0 Å². The average molecular weight is 288 g/mol. The van der Waals surface area contributed by atoms with E-state index in [-0.39, 0.29) is 5.82 Å². The Kier molecular flexibility index (Phi) is 4.34. The van der Waals surface area contributed by atoms with Crippen molar-refractivity contribution in [3.05, 3.63) is 53.2 Å². The molecule has 21 heavy (non-hydrogen) atoms. The molecular weight excluding hydrogens is 267 g/mol. The molecule has 3 rings (SSSR count). The van der Waals surface area contributed by atoms with Crippen molar-refractivity contribution in [1.29, 1.82) is 0 Å². The lowest BCUT2D eigenvalue weighted by atomic mass is 9.90. The lowest BCUT2D eigenvalue weighted by Crippen LogP contribution is -2.33. The summed E-state index contributed by atoms with van der Waals surface area (Å²) >= 11 is 0. The van der Waals surface area contributed by atoms with Crippen molar-refractivity contribution in [1.82, 2.24) is 10.1 Å². The van der Waals surface area contributed by atoms with Gasteiger partial charge in [0, 0.05) is 6.07 Å². The first kappa shape index (κ1) is 14.3. The standard InChI is InChI=1S/C17H21FN2O/c1-13-9-17(21-19-13)12-20-7-5-14(6-8-20)10-15-3-2-4-16(18)11-15/h2-4,9,11,14H,5-8,10,12H2,1H3. The second kappa shape index (κ2) is 6.39. The van der Waals surface area contributed by atoms with Crippen LogP contribution in [0.15, 0.2) is 34.9 Å². The second-order valence-corrected chi connectivity index (χ2v) is 5.99. The normalized spacial score (nSPS) is 17.2. The van der Waals surface area contributed by atoms with Crippen LogP contribution in [0.4, 0.5) is 4.39 Å². The third-order valence-corrected chi connectivity index (χ3v) is 4.18. The zero-order chi connectivity index (χ0) is 14.7. The summed E-state index contributed by atoms with van der Waals surface area (Å²) in [6.07, 6.45) is 3.29. The molecule has 4 heteroatoms. The summed E-state index contributed by atoms with van der Waals surface area (Å²) in [4.78, 5) is 2.40. The fourth-order valence-electron chi connectivity index (χ4n) is 3.06. The highest BCUT2D eigenvalue weighted by molar-refractivity contribution is 5.17. The molecule has 1 fully saturated rings. The summed E-state index contributed by atoms with van der Waals surface area (Å²) in [6.45, 7) is 4.92. The van der Waals surface area contributed by atoms with Crippen LogP contribution in [0.2, 0.25) is 0 Å². The maximum absolute atomic E-state index is 13.2. The van der Waals surface area contributed by atoms with E-state index in [4.69, 9.17) is 4.52 Å². The van der Waals surface area contributed by atoms with Gasteiger partial charge in [0.15, 0.2) is 5.76 Å². The molecule has 0 spiro atoms. The van der Waals surface area contributed by atoms with Crippen LogP contribution in [0, 0.1) is 18.7 Å². The highest BCUT2D eigenvalue weighted by atomic mass is 19.1. The Morgan fingerprint density at radius 2 is 2.10 bits per heavy atom. The predicted molar refractivity (Wildman–Crippen MR) is 79.3 cm³/mol. The largest absolute Gasteiger partial charge is 0.360 e. The maximum Gasteiger partial charge on any atom is 0.150 e. The van der Waals surface area contributed by atoms with E-state index in [2.05, 4.69) is 10.1 Å². The Balaban J connectivity index is 1.48. The van der Waals surface area contributed by atoms with Gasteiger partial charge in [0.25, 0.3) is 0 Å². The number of benzene rings is 1. The van der Waals surface area contributed by atoms with E-state index in [1.54, 1.807) is 12.1 Å². The van der Waals surface area contributed by atoms with Crippen LogP contribution in [-0.4, -0.2) is 23.1 Å². The molecule has 0 radical (unpaired) electrons. The Hall–Kier alpha value is -1.68. The van der Waals surface area contributed by atoms with E-state index in [0.29, 0.717) is 5.92 Å². The zero-order valence-corrected chi connectivity index (χ0v) is 12.4. The zero-order valence-electron chi connectivity index (χ0n) is 12.4. The van der Waals surface area contributed by atoms with Crippen molar-refractivity contribution in [2.24, 2.45) is 5.92 Å².